The number of hydrogen-bond acceptors (Lipinski definition) is 4. The van der Waals surface area contributed by atoms with Crippen LogP contribution in [0.25, 0.3) is 0 Å². The molecule has 1 fully saturated rings. The molecule has 2 rings (SSSR count). The average molecular weight is 376 g/mol. The van der Waals surface area contributed by atoms with Crippen LogP contribution in [0.3, 0.4) is 0 Å². The summed E-state index contributed by atoms with van der Waals surface area (Å²) < 4.78 is 26.8. The molecule has 4 N–H and O–H groups in total. The second-order valence-electron chi connectivity index (χ2n) is 6.54. The van der Waals surface area contributed by atoms with Crippen LogP contribution >= 0.6 is 12.4 Å². The van der Waals surface area contributed by atoms with Gasteiger partial charge >= 0.3 is 0 Å². The summed E-state index contributed by atoms with van der Waals surface area (Å²) in [5.41, 5.74) is 6.36. The van der Waals surface area contributed by atoms with E-state index < -0.39 is 16.1 Å². The second kappa shape index (κ2) is 8.80. The monoisotopic (exact) mass is 375 g/mol. The SMILES string of the molecule is CC(C)C[C@H](N)C(=O)Nc1ccc(S(=O)(=O)NCC2CC2)cc1.Cl. The third-order valence-corrected chi connectivity index (χ3v) is 5.19. The van der Waals surface area contributed by atoms with E-state index in [0.29, 0.717) is 30.5 Å². The molecule has 1 amide bonds. The van der Waals surface area contributed by atoms with E-state index in [-0.39, 0.29) is 23.2 Å². The Bertz CT molecular complexity index is 643. The van der Waals surface area contributed by atoms with Gasteiger partial charge in [-0.3, -0.25) is 4.79 Å². The van der Waals surface area contributed by atoms with Gasteiger partial charge in [-0.25, -0.2) is 13.1 Å². The molecule has 136 valence electrons. The van der Waals surface area contributed by atoms with Crippen molar-refractivity contribution in [2.45, 2.75) is 44.0 Å². The molecule has 0 aromatic heterocycles. The number of amides is 1. The van der Waals surface area contributed by atoms with Crippen molar-refractivity contribution < 1.29 is 13.2 Å². The number of halogens is 1. The van der Waals surface area contributed by atoms with Gasteiger partial charge in [0.2, 0.25) is 15.9 Å². The van der Waals surface area contributed by atoms with Gasteiger partial charge < -0.3 is 11.1 Å². The number of carbonyl (C=O) groups is 1. The van der Waals surface area contributed by atoms with Crippen LogP contribution in [-0.4, -0.2) is 26.9 Å². The summed E-state index contributed by atoms with van der Waals surface area (Å²) >= 11 is 0. The number of anilines is 1. The lowest BCUT2D eigenvalue weighted by Crippen LogP contribution is -2.36. The first kappa shape index (κ1) is 20.9. The highest BCUT2D eigenvalue weighted by Gasteiger charge is 2.24. The molecule has 6 nitrogen and oxygen atoms in total. The van der Waals surface area contributed by atoms with E-state index in [0.717, 1.165) is 12.8 Å². The Labute approximate surface area is 150 Å². The zero-order chi connectivity index (χ0) is 17.0. The summed E-state index contributed by atoms with van der Waals surface area (Å²) in [6.45, 7) is 4.49. The predicted molar refractivity (Wildman–Crippen MR) is 97.7 cm³/mol. The molecule has 0 radical (unpaired) electrons. The Balaban J connectivity index is 0.00000288. The first-order valence-corrected chi connectivity index (χ1v) is 9.42. The van der Waals surface area contributed by atoms with Crippen molar-refractivity contribution in [2.24, 2.45) is 17.6 Å². The zero-order valence-corrected chi connectivity index (χ0v) is 15.6. The van der Waals surface area contributed by atoms with Crippen molar-refractivity contribution in [3.05, 3.63) is 24.3 Å². The van der Waals surface area contributed by atoms with Crippen LogP contribution in [0.4, 0.5) is 5.69 Å². The van der Waals surface area contributed by atoms with Crippen molar-refractivity contribution in [2.75, 3.05) is 11.9 Å². The minimum atomic E-state index is -3.48. The van der Waals surface area contributed by atoms with E-state index in [9.17, 15) is 13.2 Å². The molecule has 0 bridgehead atoms. The van der Waals surface area contributed by atoms with Gasteiger partial charge in [0, 0.05) is 12.2 Å². The Morgan fingerprint density at radius 2 is 1.83 bits per heavy atom. The summed E-state index contributed by atoms with van der Waals surface area (Å²) in [4.78, 5) is 12.1. The minimum absolute atomic E-state index is 0. The fraction of sp³-hybridized carbons (Fsp3) is 0.562. The molecule has 1 aromatic carbocycles. The quantitative estimate of drug-likeness (QED) is 0.647. The van der Waals surface area contributed by atoms with Crippen LogP contribution < -0.4 is 15.8 Å². The molecule has 1 aromatic rings. The number of benzene rings is 1. The topological polar surface area (TPSA) is 101 Å². The standard InChI is InChI=1S/C16H25N3O3S.ClH/c1-11(2)9-15(17)16(20)19-13-5-7-14(8-6-13)23(21,22)18-10-12-3-4-12;/h5-8,11-12,15,18H,3-4,9-10,17H2,1-2H3,(H,19,20);1H/t15-;/m0./s1. The number of carbonyl (C=O) groups excluding carboxylic acids is 1. The molecule has 1 atom stereocenters. The highest BCUT2D eigenvalue weighted by molar-refractivity contribution is 7.89. The Morgan fingerprint density at radius 3 is 2.33 bits per heavy atom. The van der Waals surface area contributed by atoms with Gasteiger partial charge in [0.25, 0.3) is 0 Å². The highest BCUT2D eigenvalue weighted by Crippen LogP contribution is 2.28. The van der Waals surface area contributed by atoms with Gasteiger partial charge in [0.1, 0.15) is 0 Å². The van der Waals surface area contributed by atoms with E-state index in [4.69, 9.17) is 5.73 Å². The minimum Gasteiger partial charge on any atom is -0.325 e. The summed E-state index contributed by atoms with van der Waals surface area (Å²) in [5.74, 6) is 0.549. The predicted octanol–water partition coefficient (Wildman–Crippen LogP) is 2.11. The number of nitrogens with one attached hydrogen (secondary N) is 2. The Morgan fingerprint density at radius 1 is 1.25 bits per heavy atom. The molecular formula is C16H26ClN3O3S. The van der Waals surface area contributed by atoms with Crippen molar-refractivity contribution in [3.8, 4) is 0 Å². The van der Waals surface area contributed by atoms with Crippen molar-refractivity contribution >= 4 is 34.0 Å². The number of nitrogens with two attached hydrogens (primary N) is 1. The normalized spacial score (nSPS) is 15.7. The molecule has 1 aliphatic rings. The molecule has 0 aliphatic heterocycles. The van der Waals surface area contributed by atoms with Crippen LogP contribution in [0.1, 0.15) is 33.1 Å². The molecule has 0 saturated heterocycles. The van der Waals surface area contributed by atoms with Gasteiger partial charge in [0.15, 0.2) is 0 Å². The number of rotatable bonds is 8. The van der Waals surface area contributed by atoms with Crippen LogP contribution in [0.2, 0.25) is 0 Å². The molecule has 0 heterocycles. The third kappa shape index (κ3) is 6.39. The fourth-order valence-electron chi connectivity index (χ4n) is 2.20. The second-order valence-corrected chi connectivity index (χ2v) is 8.31. The number of sulfonamides is 1. The van der Waals surface area contributed by atoms with Gasteiger partial charge in [-0.15, -0.1) is 12.4 Å². The lowest BCUT2D eigenvalue weighted by atomic mass is 10.0. The van der Waals surface area contributed by atoms with Crippen LogP contribution in [-0.2, 0) is 14.8 Å². The summed E-state index contributed by atoms with van der Waals surface area (Å²) in [6.07, 6.45) is 2.78. The summed E-state index contributed by atoms with van der Waals surface area (Å²) in [5, 5.41) is 2.71. The average Bonchev–Trinajstić information content (AvgIpc) is 3.29. The molecule has 1 saturated carbocycles. The lowest BCUT2D eigenvalue weighted by molar-refractivity contribution is -0.117. The zero-order valence-electron chi connectivity index (χ0n) is 14.0. The van der Waals surface area contributed by atoms with Crippen LogP contribution in [0, 0.1) is 11.8 Å². The van der Waals surface area contributed by atoms with Gasteiger partial charge in [-0.2, -0.15) is 0 Å². The Kier molecular flexibility index (Phi) is 7.66. The molecule has 24 heavy (non-hydrogen) atoms. The smallest absolute Gasteiger partial charge is 0.241 e. The van der Waals surface area contributed by atoms with Crippen molar-refractivity contribution in [3.63, 3.8) is 0 Å². The van der Waals surface area contributed by atoms with E-state index in [1.807, 2.05) is 13.8 Å². The lowest BCUT2D eigenvalue weighted by Gasteiger charge is -2.14. The first-order valence-electron chi connectivity index (χ1n) is 7.94. The summed E-state index contributed by atoms with van der Waals surface area (Å²) in [6, 6.07) is 5.55. The molecule has 8 heteroatoms. The van der Waals surface area contributed by atoms with Gasteiger partial charge in [-0.1, -0.05) is 13.8 Å². The van der Waals surface area contributed by atoms with E-state index in [2.05, 4.69) is 10.0 Å². The van der Waals surface area contributed by atoms with Gasteiger partial charge in [0.05, 0.1) is 10.9 Å². The van der Waals surface area contributed by atoms with Crippen molar-refractivity contribution in [1.29, 1.82) is 0 Å². The Hall–Kier alpha value is -1.15. The maximum absolute atomic E-state index is 12.1. The maximum Gasteiger partial charge on any atom is 0.241 e. The fourth-order valence-corrected chi connectivity index (χ4v) is 3.32. The first-order chi connectivity index (χ1) is 10.8. The molecule has 0 unspecified atom stereocenters. The molecular weight excluding hydrogens is 350 g/mol. The van der Waals surface area contributed by atoms with E-state index >= 15 is 0 Å². The van der Waals surface area contributed by atoms with Crippen molar-refractivity contribution in [1.82, 2.24) is 4.72 Å². The van der Waals surface area contributed by atoms with Gasteiger partial charge in [-0.05, 0) is 55.4 Å². The molecule has 0 spiro atoms. The third-order valence-electron chi connectivity index (χ3n) is 3.75. The number of hydrogen-bond donors (Lipinski definition) is 3. The molecule has 1 aliphatic carbocycles. The van der Waals surface area contributed by atoms with E-state index in [1.165, 1.54) is 12.1 Å². The maximum atomic E-state index is 12.1. The summed E-state index contributed by atoms with van der Waals surface area (Å²) in [7, 11) is -3.48. The van der Waals surface area contributed by atoms with Crippen LogP contribution in [0.15, 0.2) is 29.2 Å². The van der Waals surface area contributed by atoms with Crippen LogP contribution in [0.5, 0.6) is 0 Å². The highest BCUT2D eigenvalue weighted by atomic mass is 35.5. The van der Waals surface area contributed by atoms with E-state index in [1.54, 1.807) is 12.1 Å². The largest absolute Gasteiger partial charge is 0.325 e.